The van der Waals surface area contributed by atoms with Crippen LogP contribution in [0.25, 0.3) is 33.7 Å². The number of aryl methyl sites for hydroxylation is 1. The fourth-order valence-corrected chi connectivity index (χ4v) is 3.86. The van der Waals surface area contributed by atoms with Gasteiger partial charge in [-0.25, -0.2) is 9.78 Å². The van der Waals surface area contributed by atoms with Crippen LogP contribution >= 0.6 is 0 Å². The minimum absolute atomic E-state index is 0.320. The Kier molecular flexibility index (Phi) is 4.74. The van der Waals surface area contributed by atoms with Crippen LogP contribution in [0.2, 0.25) is 0 Å². The van der Waals surface area contributed by atoms with Gasteiger partial charge in [0.15, 0.2) is 11.2 Å². The molecule has 5 rings (SSSR count). The molecular weight excluding hydrogens is 408 g/mol. The number of hydrogen-bond donors (Lipinski definition) is 2. The molecule has 0 fully saturated rings. The van der Waals surface area contributed by atoms with Gasteiger partial charge >= 0.3 is 5.69 Å². The van der Waals surface area contributed by atoms with E-state index in [1.54, 1.807) is 0 Å². The Morgan fingerprint density at radius 3 is 2.44 bits per heavy atom. The van der Waals surface area contributed by atoms with Crippen LogP contribution < -0.4 is 11.2 Å². The summed E-state index contributed by atoms with van der Waals surface area (Å²) >= 11 is 0. The normalized spacial score (nSPS) is 11.3. The van der Waals surface area contributed by atoms with Crippen LogP contribution in [0.4, 0.5) is 0 Å². The molecule has 0 saturated heterocycles. The highest BCUT2D eigenvalue weighted by molar-refractivity contribution is 5.80. The molecule has 160 valence electrons. The van der Waals surface area contributed by atoms with Gasteiger partial charge in [-0.2, -0.15) is 5.21 Å². The van der Waals surface area contributed by atoms with Gasteiger partial charge in [0.1, 0.15) is 5.82 Å². The number of nitrogens with zero attached hydrogens (tertiary/aromatic N) is 6. The Labute approximate surface area is 181 Å². The molecule has 0 bridgehead atoms. The molecule has 0 aliphatic carbocycles. The van der Waals surface area contributed by atoms with Crippen LogP contribution in [0.3, 0.4) is 0 Å². The maximum Gasteiger partial charge on any atom is 0.329 e. The summed E-state index contributed by atoms with van der Waals surface area (Å²) < 4.78 is 2.94. The van der Waals surface area contributed by atoms with Gasteiger partial charge in [-0.15, -0.1) is 10.2 Å². The average molecular weight is 428 g/mol. The molecule has 0 aliphatic heterocycles. The van der Waals surface area contributed by atoms with E-state index in [1.807, 2.05) is 60.0 Å². The lowest BCUT2D eigenvalue weighted by molar-refractivity contribution is 0.737. The van der Waals surface area contributed by atoms with Gasteiger partial charge in [0.25, 0.3) is 5.56 Å². The fraction of sp³-hybridized carbons (Fsp3) is 0.182. The maximum atomic E-state index is 12.7. The first-order valence-corrected chi connectivity index (χ1v) is 10.2. The molecule has 32 heavy (non-hydrogen) atoms. The Hall–Kier alpha value is -4.34. The quantitative estimate of drug-likeness (QED) is 0.440. The molecule has 2 aromatic carbocycles. The molecular formula is C22H20N8O2. The molecule has 0 amide bonds. The van der Waals surface area contributed by atoms with Crippen molar-refractivity contribution in [2.75, 3.05) is 0 Å². The predicted molar refractivity (Wildman–Crippen MR) is 119 cm³/mol. The first-order valence-electron chi connectivity index (χ1n) is 10.2. The number of H-pyrrole nitrogens is 2. The number of hydrogen-bond acceptors (Lipinski definition) is 6. The van der Waals surface area contributed by atoms with Crippen molar-refractivity contribution in [1.29, 1.82) is 0 Å². The summed E-state index contributed by atoms with van der Waals surface area (Å²) in [6.45, 7) is 2.44. The van der Waals surface area contributed by atoms with Crippen molar-refractivity contribution < 1.29 is 0 Å². The van der Waals surface area contributed by atoms with Gasteiger partial charge in [-0.1, -0.05) is 55.5 Å². The molecule has 0 radical (unpaired) electrons. The lowest BCUT2D eigenvalue weighted by Gasteiger charge is -2.10. The summed E-state index contributed by atoms with van der Waals surface area (Å²) in [4.78, 5) is 31.8. The SMILES string of the molecule is CCc1nc2[nH]c(=O)n(C)c(=O)c2n1Cc1ccc(-c2ccccc2-c2nn[nH]n2)cc1. The second kappa shape index (κ2) is 7.73. The summed E-state index contributed by atoms with van der Waals surface area (Å²) in [6.07, 6.45) is 0.635. The van der Waals surface area contributed by atoms with Crippen LogP contribution in [0.1, 0.15) is 18.3 Å². The largest absolute Gasteiger partial charge is 0.329 e. The first kappa shape index (κ1) is 19.6. The summed E-state index contributed by atoms with van der Waals surface area (Å²) in [7, 11) is 1.46. The van der Waals surface area contributed by atoms with Crippen LogP contribution in [0.5, 0.6) is 0 Å². The van der Waals surface area contributed by atoms with Gasteiger partial charge in [-0.3, -0.25) is 14.3 Å². The molecule has 2 N–H and O–H groups in total. The highest BCUT2D eigenvalue weighted by atomic mass is 16.2. The lowest BCUT2D eigenvalue weighted by atomic mass is 9.98. The number of aromatic amines is 2. The van der Waals surface area contributed by atoms with Crippen LogP contribution in [0.15, 0.2) is 58.1 Å². The Morgan fingerprint density at radius 2 is 1.75 bits per heavy atom. The van der Waals surface area contributed by atoms with Crippen LogP contribution in [-0.4, -0.2) is 39.7 Å². The second-order valence-electron chi connectivity index (χ2n) is 7.44. The summed E-state index contributed by atoms with van der Waals surface area (Å²) in [5.74, 6) is 1.28. The van der Waals surface area contributed by atoms with Gasteiger partial charge in [0.2, 0.25) is 5.82 Å². The van der Waals surface area contributed by atoms with Crippen molar-refractivity contribution in [3.63, 3.8) is 0 Å². The molecule has 3 aromatic heterocycles. The zero-order valence-corrected chi connectivity index (χ0v) is 17.5. The standard InChI is InChI=1S/C22H20N8O2/c1-3-17-23-20-18(21(31)29(2)22(32)24-20)30(17)12-13-8-10-14(11-9-13)15-6-4-5-7-16(15)19-25-27-28-26-19/h4-11H,3,12H2,1-2H3,(H,24,32)(H,25,26,27,28). The predicted octanol–water partition coefficient (Wildman–Crippen LogP) is 1.88. The van der Waals surface area contributed by atoms with E-state index in [0.29, 0.717) is 30.0 Å². The number of nitrogens with one attached hydrogen (secondary N) is 2. The minimum atomic E-state index is -0.473. The zero-order valence-electron chi connectivity index (χ0n) is 17.5. The van der Waals surface area contributed by atoms with Gasteiger partial charge < -0.3 is 4.57 Å². The van der Waals surface area contributed by atoms with E-state index < -0.39 is 5.69 Å². The van der Waals surface area contributed by atoms with Crippen LogP contribution in [0, 0.1) is 0 Å². The molecule has 5 aromatic rings. The summed E-state index contributed by atoms with van der Waals surface area (Å²) in [5, 5.41) is 14.3. The number of fused-ring (bicyclic) bond motifs is 1. The Bertz CT molecular complexity index is 1530. The third-order valence-corrected chi connectivity index (χ3v) is 5.52. The molecule has 0 unspecified atom stereocenters. The van der Waals surface area contributed by atoms with E-state index >= 15 is 0 Å². The van der Waals surface area contributed by atoms with Crippen molar-refractivity contribution in [2.45, 2.75) is 19.9 Å². The third kappa shape index (κ3) is 3.22. The smallest absolute Gasteiger partial charge is 0.318 e. The third-order valence-electron chi connectivity index (χ3n) is 5.52. The van der Waals surface area contributed by atoms with Crippen molar-refractivity contribution >= 4 is 11.2 Å². The number of benzene rings is 2. The second-order valence-corrected chi connectivity index (χ2v) is 7.44. The van der Waals surface area contributed by atoms with E-state index in [-0.39, 0.29) is 5.56 Å². The van der Waals surface area contributed by atoms with Crippen molar-refractivity contribution in [3.8, 4) is 22.5 Å². The van der Waals surface area contributed by atoms with Crippen molar-refractivity contribution in [3.05, 3.63) is 80.8 Å². The molecule has 10 nitrogen and oxygen atoms in total. The van der Waals surface area contributed by atoms with Crippen LogP contribution in [-0.2, 0) is 20.0 Å². The van der Waals surface area contributed by atoms with E-state index in [2.05, 4.69) is 30.6 Å². The monoisotopic (exact) mass is 428 g/mol. The fourth-order valence-electron chi connectivity index (χ4n) is 3.86. The Balaban J connectivity index is 1.54. The highest BCUT2D eigenvalue weighted by Crippen LogP contribution is 2.30. The van der Waals surface area contributed by atoms with E-state index in [9.17, 15) is 9.59 Å². The van der Waals surface area contributed by atoms with E-state index in [1.165, 1.54) is 7.05 Å². The molecule has 10 heteroatoms. The molecule has 0 spiro atoms. The molecule has 0 aliphatic rings. The van der Waals surface area contributed by atoms with Crippen molar-refractivity contribution in [1.82, 2.24) is 39.7 Å². The van der Waals surface area contributed by atoms with E-state index in [4.69, 9.17) is 0 Å². The summed E-state index contributed by atoms with van der Waals surface area (Å²) in [6, 6.07) is 16.0. The molecule has 0 saturated carbocycles. The van der Waals surface area contributed by atoms with Gasteiger partial charge in [-0.05, 0) is 21.9 Å². The highest BCUT2D eigenvalue weighted by Gasteiger charge is 2.16. The number of imidazole rings is 1. The first-order chi connectivity index (χ1) is 15.6. The van der Waals surface area contributed by atoms with E-state index in [0.717, 1.165) is 32.6 Å². The minimum Gasteiger partial charge on any atom is -0.318 e. The van der Waals surface area contributed by atoms with Gasteiger partial charge in [0.05, 0.1) is 0 Å². The summed E-state index contributed by atoms with van der Waals surface area (Å²) in [5.41, 5.74) is 3.79. The number of tetrazole rings is 1. The molecule has 0 atom stereocenters. The Morgan fingerprint density at radius 1 is 1.00 bits per heavy atom. The van der Waals surface area contributed by atoms with Crippen molar-refractivity contribution in [2.24, 2.45) is 7.05 Å². The lowest BCUT2D eigenvalue weighted by Crippen LogP contribution is -2.33. The molecule has 3 heterocycles. The van der Waals surface area contributed by atoms with Gasteiger partial charge in [0, 0.05) is 25.6 Å². The number of rotatable bonds is 5. The maximum absolute atomic E-state index is 12.7. The number of aromatic nitrogens is 8. The average Bonchev–Trinajstić information content (AvgIpc) is 3.46. The zero-order chi connectivity index (χ0) is 22.2. The topological polar surface area (TPSA) is 127 Å².